The summed E-state index contributed by atoms with van der Waals surface area (Å²) in [5, 5.41) is 3.76. The standard InChI is InChI=1S/C21H26ClNO2/c1-16-15-19(22)12-13-20(16)25-14-6-9-21(24)23-17(2)10-11-18-7-4-3-5-8-18/h3-5,7-8,12-13,15,17H,6,9-11,14H2,1-2H3,(H,23,24)/t17-/m0/s1. The van der Waals surface area contributed by atoms with E-state index in [2.05, 4.69) is 24.4 Å². The lowest BCUT2D eigenvalue weighted by Crippen LogP contribution is -2.32. The molecule has 0 saturated carbocycles. The molecule has 1 atom stereocenters. The molecule has 1 N–H and O–H groups in total. The third kappa shape index (κ3) is 7.18. The van der Waals surface area contributed by atoms with Gasteiger partial charge in [0, 0.05) is 17.5 Å². The van der Waals surface area contributed by atoms with E-state index in [1.165, 1.54) is 5.56 Å². The van der Waals surface area contributed by atoms with Gasteiger partial charge >= 0.3 is 0 Å². The van der Waals surface area contributed by atoms with Crippen LogP contribution in [0.3, 0.4) is 0 Å². The molecular formula is C21H26ClNO2. The van der Waals surface area contributed by atoms with Gasteiger partial charge in [-0.1, -0.05) is 41.9 Å². The highest BCUT2D eigenvalue weighted by atomic mass is 35.5. The van der Waals surface area contributed by atoms with Crippen molar-refractivity contribution in [2.24, 2.45) is 0 Å². The molecule has 25 heavy (non-hydrogen) atoms. The zero-order valence-electron chi connectivity index (χ0n) is 14.9. The van der Waals surface area contributed by atoms with E-state index >= 15 is 0 Å². The van der Waals surface area contributed by atoms with E-state index < -0.39 is 0 Å². The SMILES string of the molecule is Cc1cc(Cl)ccc1OCCCC(=O)N[C@@H](C)CCc1ccccc1. The zero-order valence-corrected chi connectivity index (χ0v) is 15.7. The Morgan fingerprint density at radius 3 is 2.68 bits per heavy atom. The summed E-state index contributed by atoms with van der Waals surface area (Å²) in [4.78, 5) is 12.0. The molecule has 0 spiro atoms. The van der Waals surface area contributed by atoms with Gasteiger partial charge in [-0.3, -0.25) is 4.79 Å². The van der Waals surface area contributed by atoms with E-state index in [4.69, 9.17) is 16.3 Å². The Labute approximate surface area is 155 Å². The van der Waals surface area contributed by atoms with Gasteiger partial charge in [-0.05, 0) is 62.4 Å². The lowest BCUT2D eigenvalue weighted by Gasteiger charge is -2.14. The minimum atomic E-state index is 0.0805. The monoisotopic (exact) mass is 359 g/mol. The highest BCUT2D eigenvalue weighted by Gasteiger charge is 2.08. The molecule has 134 valence electrons. The Bertz CT molecular complexity index is 673. The van der Waals surface area contributed by atoms with Crippen LogP contribution in [-0.2, 0) is 11.2 Å². The van der Waals surface area contributed by atoms with Crippen LogP contribution in [0.1, 0.15) is 37.3 Å². The van der Waals surface area contributed by atoms with Crippen LogP contribution in [0.4, 0.5) is 0 Å². The summed E-state index contributed by atoms with van der Waals surface area (Å²) in [5.74, 6) is 0.901. The van der Waals surface area contributed by atoms with Crippen LogP contribution in [-0.4, -0.2) is 18.6 Å². The molecule has 0 fully saturated rings. The van der Waals surface area contributed by atoms with Crippen molar-refractivity contribution < 1.29 is 9.53 Å². The van der Waals surface area contributed by atoms with E-state index in [1.54, 1.807) is 0 Å². The van der Waals surface area contributed by atoms with Crippen LogP contribution in [0.2, 0.25) is 5.02 Å². The molecule has 0 aliphatic carbocycles. The first-order chi connectivity index (χ1) is 12.0. The number of amides is 1. The van der Waals surface area contributed by atoms with Crippen molar-refractivity contribution in [2.75, 3.05) is 6.61 Å². The van der Waals surface area contributed by atoms with Gasteiger partial charge in [0.25, 0.3) is 0 Å². The summed E-state index contributed by atoms with van der Waals surface area (Å²) in [6.07, 6.45) is 3.08. The first-order valence-corrected chi connectivity index (χ1v) is 9.14. The van der Waals surface area contributed by atoms with Crippen molar-refractivity contribution in [1.29, 1.82) is 0 Å². The fraction of sp³-hybridized carbons (Fsp3) is 0.381. The van der Waals surface area contributed by atoms with Crippen molar-refractivity contribution in [3.05, 3.63) is 64.7 Å². The average molecular weight is 360 g/mol. The molecule has 0 unspecified atom stereocenters. The second-order valence-corrected chi connectivity index (χ2v) is 6.79. The number of benzene rings is 2. The maximum Gasteiger partial charge on any atom is 0.220 e. The Kier molecular flexibility index (Phi) is 7.80. The van der Waals surface area contributed by atoms with Crippen LogP contribution in [0.15, 0.2) is 48.5 Å². The molecule has 4 heteroatoms. The van der Waals surface area contributed by atoms with E-state index in [0.717, 1.165) is 24.2 Å². The Morgan fingerprint density at radius 2 is 1.96 bits per heavy atom. The average Bonchev–Trinajstić information content (AvgIpc) is 2.59. The van der Waals surface area contributed by atoms with Crippen molar-refractivity contribution in [1.82, 2.24) is 5.32 Å². The molecule has 0 heterocycles. The first kappa shape index (κ1) is 19.3. The lowest BCUT2D eigenvalue weighted by atomic mass is 10.1. The molecule has 0 aromatic heterocycles. The first-order valence-electron chi connectivity index (χ1n) is 8.77. The third-order valence-corrected chi connectivity index (χ3v) is 4.29. The largest absolute Gasteiger partial charge is 0.493 e. The van der Waals surface area contributed by atoms with Gasteiger partial charge in [0.05, 0.1) is 6.61 Å². The predicted octanol–water partition coefficient (Wildman–Crippen LogP) is 4.94. The van der Waals surface area contributed by atoms with Crippen LogP contribution in [0, 0.1) is 6.92 Å². The summed E-state index contributed by atoms with van der Waals surface area (Å²) < 4.78 is 5.71. The summed E-state index contributed by atoms with van der Waals surface area (Å²) in [5.41, 5.74) is 2.31. The molecule has 0 saturated heterocycles. The number of carbonyl (C=O) groups is 1. The van der Waals surface area contributed by atoms with Crippen LogP contribution >= 0.6 is 11.6 Å². The number of aryl methyl sites for hydroxylation is 2. The number of hydrogen-bond acceptors (Lipinski definition) is 2. The Morgan fingerprint density at radius 1 is 1.20 bits per heavy atom. The molecule has 2 rings (SSSR count). The molecule has 1 amide bonds. The van der Waals surface area contributed by atoms with Gasteiger partial charge in [0.2, 0.25) is 5.91 Å². The molecule has 0 radical (unpaired) electrons. The lowest BCUT2D eigenvalue weighted by molar-refractivity contribution is -0.121. The van der Waals surface area contributed by atoms with Crippen molar-refractivity contribution >= 4 is 17.5 Å². The highest BCUT2D eigenvalue weighted by molar-refractivity contribution is 6.30. The number of carbonyl (C=O) groups excluding carboxylic acids is 1. The molecule has 2 aromatic rings. The van der Waals surface area contributed by atoms with Crippen molar-refractivity contribution in [3.8, 4) is 5.75 Å². The van der Waals surface area contributed by atoms with Crippen molar-refractivity contribution in [2.45, 2.75) is 45.6 Å². The Balaban J connectivity index is 1.61. The van der Waals surface area contributed by atoms with Gasteiger partial charge < -0.3 is 10.1 Å². The summed E-state index contributed by atoms with van der Waals surface area (Å²) >= 11 is 5.92. The van der Waals surface area contributed by atoms with Crippen LogP contribution < -0.4 is 10.1 Å². The smallest absolute Gasteiger partial charge is 0.220 e. The van der Waals surface area contributed by atoms with Gasteiger partial charge in [0.15, 0.2) is 0 Å². The summed E-state index contributed by atoms with van der Waals surface area (Å²) in [7, 11) is 0. The van der Waals surface area contributed by atoms with E-state index in [9.17, 15) is 4.79 Å². The quantitative estimate of drug-likeness (QED) is 0.643. The normalized spacial score (nSPS) is 11.8. The number of hydrogen-bond donors (Lipinski definition) is 1. The number of rotatable bonds is 9. The van der Waals surface area contributed by atoms with E-state index in [0.29, 0.717) is 24.5 Å². The number of nitrogens with one attached hydrogen (secondary N) is 1. The van der Waals surface area contributed by atoms with E-state index in [1.807, 2.05) is 43.3 Å². The maximum atomic E-state index is 12.0. The van der Waals surface area contributed by atoms with Gasteiger partial charge in [-0.2, -0.15) is 0 Å². The zero-order chi connectivity index (χ0) is 18.1. The summed E-state index contributed by atoms with van der Waals surface area (Å²) in [6.45, 7) is 4.53. The second kappa shape index (κ2) is 10.1. The van der Waals surface area contributed by atoms with Gasteiger partial charge in [-0.15, -0.1) is 0 Å². The van der Waals surface area contributed by atoms with E-state index in [-0.39, 0.29) is 11.9 Å². The molecular weight excluding hydrogens is 334 g/mol. The Hall–Kier alpha value is -2.00. The number of ether oxygens (including phenoxy) is 1. The predicted molar refractivity (Wildman–Crippen MR) is 103 cm³/mol. The molecule has 3 nitrogen and oxygen atoms in total. The van der Waals surface area contributed by atoms with Crippen LogP contribution in [0.25, 0.3) is 0 Å². The second-order valence-electron chi connectivity index (χ2n) is 6.35. The number of halogens is 1. The van der Waals surface area contributed by atoms with Crippen LogP contribution in [0.5, 0.6) is 5.75 Å². The third-order valence-electron chi connectivity index (χ3n) is 4.06. The highest BCUT2D eigenvalue weighted by Crippen LogP contribution is 2.21. The van der Waals surface area contributed by atoms with Gasteiger partial charge in [-0.25, -0.2) is 0 Å². The van der Waals surface area contributed by atoms with Gasteiger partial charge in [0.1, 0.15) is 5.75 Å². The molecule has 2 aromatic carbocycles. The van der Waals surface area contributed by atoms with Crippen molar-refractivity contribution in [3.63, 3.8) is 0 Å². The maximum absolute atomic E-state index is 12.0. The molecule has 0 aliphatic rings. The fourth-order valence-corrected chi connectivity index (χ4v) is 2.86. The minimum absolute atomic E-state index is 0.0805. The fourth-order valence-electron chi connectivity index (χ4n) is 2.64. The topological polar surface area (TPSA) is 38.3 Å². The molecule has 0 bridgehead atoms. The minimum Gasteiger partial charge on any atom is -0.493 e. The molecule has 0 aliphatic heterocycles. The summed E-state index contributed by atoms with van der Waals surface area (Å²) in [6, 6.07) is 16.1.